The van der Waals surface area contributed by atoms with Gasteiger partial charge in [-0.25, -0.2) is 0 Å². The minimum absolute atomic E-state index is 0.142. The lowest BCUT2D eigenvalue weighted by molar-refractivity contribution is 0.111. The number of ether oxygens (including phenoxy) is 4. The lowest BCUT2D eigenvalue weighted by Gasteiger charge is -2.17. The lowest BCUT2D eigenvalue weighted by atomic mass is 10.1. The number of rotatable bonds is 7. The first kappa shape index (κ1) is 18.0. The van der Waals surface area contributed by atoms with Crippen LogP contribution in [0.25, 0.3) is 0 Å². The van der Waals surface area contributed by atoms with Gasteiger partial charge in [-0.15, -0.1) is 11.8 Å². The van der Waals surface area contributed by atoms with Gasteiger partial charge in [0.25, 0.3) is 0 Å². The maximum Gasteiger partial charge on any atom is 0.136 e. The van der Waals surface area contributed by atoms with E-state index >= 15 is 0 Å². The molecule has 25 heavy (non-hydrogen) atoms. The predicted molar refractivity (Wildman–Crippen MR) is 100 cm³/mol. The number of hydrogen-bond acceptors (Lipinski definition) is 5. The van der Waals surface area contributed by atoms with Crippen molar-refractivity contribution in [3.05, 3.63) is 47.5 Å². The minimum Gasteiger partial charge on any atom is -0.497 e. The molecule has 0 aliphatic carbocycles. The summed E-state index contributed by atoms with van der Waals surface area (Å²) in [6, 6.07) is 12.3. The molecule has 2 aromatic rings. The molecule has 5 heteroatoms. The Balaban J connectivity index is 1.80. The van der Waals surface area contributed by atoms with Gasteiger partial charge in [-0.05, 0) is 48.2 Å². The van der Waals surface area contributed by atoms with Crippen molar-refractivity contribution in [3.63, 3.8) is 0 Å². The molecule has 1 fully saturated rings. The van der Waals surface area contributed by atoms with Crippen LogP contribution in [0, 0.1) is 0 Å². The summed E-state index contributed by atoms with van der Waals surface area (Å²) < 4.78 is 22.3. The zero-order valence-electron chi connectivity index (χ0n) is 14.9. The summed E-state index contributed by atoms with van der Waals surface area (Å²) in [6.45, 7) is 0.823. The second kappa shape index (κ2) is 8.50. The second-order valence-electron chi connectivity index (χ2n) is 5.89. The van der Waals surface area contributed by atoms with E-state index in [1.807, 2.05) is 12.1 Å². The monoisotopic (exact) mass is 360 g/mol. The zero-order chi connectivity index (χ0) is 17.6. The molecule has 0 unspecified atom stereocenters. The molecule has 134 valence electrons. The molecule has 0 bridgehead atoms. The largest absolute Gasteiger partial charge is 0.497 e. The number of hydrogen-bond donors (Lipinski definition) is 0. The first-order chi connectivity index (χ1) is 12.2. The quantitative estimate of drug-likeness (QED) is 0.659. The number of methoxy groups -OCH3 is 3. The van der Waals surface area contributed by atoms with Crippen LogP contribution < -0.4 is 14.2 Å². The normalized spacial score (nSPS) is 16.7. The van der Waals surface area contributed by atoms with Crippen LogP contribution in [0.3, 0.4) is 0 Å². The van der Waals surface area contributed by atoms with Crippen LogP contribution in [-0.4, -0.2) is 27.9 Å². The average Bonchev–Trinajstić information content (AvgIpc) is 3.20. The van der Waals surface area contributed by atoms with Crippen molar-refractivity contribution < 1.29 is 18.9 Å². The molecule has 4 nitrogen and oxygen atoms in total. The van der Waals surface area contributed by atoms with Crippen LogP contribution in [0.15, 0.2) is 41.3 Å². The van der Waals surface area contributed by atoms with Crippen LogP contribution in [0.1, 0.15) is 30.1 Å². The Morgan fingerprint density at radius 2 is 1.68 bits per heavy atom. The molecule has 3 rings (SSSR count). The molecule has 1 saturated heterocycles. The standard InChI is InChI=1S/C20H24O4S/c1-21-16-8-6-14(7-9-16)13-25-20-18(22-2)11-15(12-19(20)23-3)17-5-4-10-24-17/h6-9,11-12,17H,4-5,10,13H2,1-3H3/t17-/m0/s1. The van der Waals surface area contributed by atoms with E-state index in [0.29, 0.717) is 0 Å². The molecule has 0 amide bonds. The van der Waals surface area contributed by atoms with Gasteiger partial charge in [-0.2, -0.15) is 0 Å². The third-order valence-corrected chi connectivity index (χ3v) is 5.50. The van der Waals surface area contributed by atoms with Gasteiger partial charge in [-0.1, -0.05) is 12.1 Å². The molecule has 1 aliphatic rings. The van der Waals surface area contributed by atoms with Crippen molar-refractivity contribution in [1.29, 1.82) is 0 Å². The Morgan fingerprint density at radius 3 is 2.20 bits per heavy atom. The first-order valence-electron chi connectivity index (χ1n) is 8.38. The van der Waals surface area contributed by atoms with Crippen LogP contribution in [-0.2, 0) is 10.5 Å². The molecular weight excluding hydrogens is 336 g/mol. The Morgan fingerprint density at radius 1 is 1.00 bits per heavy atom. The molecule has 1 atom stereocenters. The highest BCUT2D eigenvalue weighted by atomic mass is 32.2. The highest BCUT2D eigenvalue weighted by Crippen LogP contribution is 2.43. The fraction of sp³-hybridized carbons (Fsp3) is 0.400. The van der Waals surface area contributed by atoms with Crippen molar-refractivity contribution in [1.82, 2.24) is 0 Å². The maximum absolute atomic E-state index is 5.80. The van der Waals surface area contributed by atoms with Crippen LogP contribution in [0.4, 0.5) is 0 Å². The lowest BCUT2D eigenvalue weighted by Crippen LogP contribution is -2.00. The van der Waals surface area contributed by atoms with Gasteiger partial charge in [0.1, 0.15) is 17.2 Å². The van der Waals surface area contributed by atoms with Crippen molar-refractivity contribution in [3.8, 4) is 17.2 Å². The van der Waals surface area contributed by atoms with Gasteiger partial charge in [0.2, 0.25) is 0 Å². The van der Waals surface area contributed by atoms with E-state index in [1.54, 1.807) is 33.1 Å². The maximum atomic E-state index is 5.80. The third kappa shape index (κ3) is 4.22. The summed E-state index contributed by atoms with van der Waals surface area (Å²) in [5.41, 5.74) is 2.35. The average molecular weight is 360 g/mol. The van der Waals surface area contributed by atoms with Gasteiger partial charge in [-0.3, -0.25) is 0 Å². The summed E-state index contributed by atoms with van der Waals surface area (Å²) in [4.78, 5) is 1.02. The third-order valence-electron chi connectivity index (χ3n) is 4.33. The fourth-order valence-electron chi connectivity index (χ4n) is 2.95. The van der Waals surface area contributed by atoms with Crippen LogP contribution in [0.2, 0.25) is 0 Å². The van der Waals surface area contributed by atoms with E-state index in [2.05, 4.69) is 24.3 Å². The molecule has 1 aliphatic heterocycles. The summed E-state index contributed by atoms with van der Waals surface area (Å²) in [5, 5.41) is 0. The Kier molecular flexibility index (Phi) is 6.10. The summed E-state index contributed by atoms with van der Waals surface area (Å²) in [5.74, 6) is 3.37. The zero-order valence-corrected chi connectivity index (χ0v) is 15.7. The van der Waals surface area contributed by atoms with E-state index in [9.17, 15) is 0 Å². The molecular formula is C20H24O4S. The summed E-state index contributed by atoms with van der Waals surface area (Å²) in [6.07, 6.45) is 2.29. The highest BCUT2D eigenvalue weighted by Gasteiger charge is 2.22. The molecule has 0 N–H and O–H groups in total. The Labute approximate surface area is 153 Å². The minimum atomic E-state index is 0.142. The van der Waals surface area contributed by atoms with Gasteiger partial charge >= 0.3 is 0 Å². The van der Waals surface area contributed by atoms with Crippen molar-refractivity contribution in [2.24, 2.45) is 0 Å². The van der Waals surface area contributed by atoms with Crippen molar-refractivity contribution in [2.75, 3.05) is 27.9 Å². The topological polar surface area (TPSA) is 36.9 Å². The van der Waals surface area contributed by atoms with E-state index in [-0.39, 0.29) is 6.10 Å². The Hall–Kier alpha value is -1.85. The van der Waals surface area contributed by atoms with E-state index in [4.69, 9.17) is 18.9 Å². The van der Waals surface area contributed by atoms with E-state index < -0.39 is 0 Å². The molecule has 1 heterocycles. The first-order valence-corrected chi connectivity index (χ1v) is 9.37. The van der Waals surface area contributed by atoms with Gasteiger partial charge in [0.15, 0.2) is 0 Å². The molecule has 0 aromatic heterocycles. The van der Waals surface area contributed by atoms with Crippen molar-refractivity contribution >= 4 is 11.8 Å². The van der Waals surface area contributed by atoms with Crippen molar-refractivity contribution in [2.45, 2.75) is 29.6 Å². The summed E-state index contributed by atoms with van der Waals surface area (Å²) in [7, 11) is 5.08. The fourth-order valence-corrected chi connectivity index (χ4v) is 4.02. The summed E-state index contributed by atoms with van der Waals surface area (Å²) >= 11 is 1.71. The van der Waals surface area contributed by atoms with E-state index in [1.165, 1.54) is 5.56 Å². The van der Waals surface area contributed by atoms with Gasteiger partial charge in [0, 0.05) is 12.4 Å². The highest BCUT2D eigenvalue weighted by molar-refractivity contribution is 7.98. The Bertz CT molecular complexity index is 668. The molecule has 0 spiro atoms. The number of thioether (sulfide) groups is 1. The molecule has 0 saturated carbocycles. The molecule has 0 radical (unpaired) electrons. The smallest absolute Gasteiger partial charge is 0.136 e. The van der Waals surface area contributed by atoms with Gasteiger partial charge in [0.05, 0.1) is 32.3 Å². The SMILES string of the molecule is COc1ccc(CSc2c(OC)cc([C@@H]3CCCO3)cc2OC)cc1. The van der Waals surface area contributed by atoms with Crippen LogP contribution in [0.5, 0.6) is 17.2 Å². The second-order valence-corrected chi connectivity index (χ2v) is 6.88. The van der Waals surface area contributed by atoms with Crippen LogP contribution >= 0.6 is 11.8 Å². The number of benzene rings is 2. The van der Waals surface area contributed by atoms with E-state index in [0.717, 1.165) is 52.9 Å². The predicted octanol–water partition coefficient (Wildman–Crippen LogP) is 4.86. The molecule has 2 aromatic carbocycles. The van der Waals surface area contributed by atoms with Gasteiger partial charge < -0.3 is 18.9 Å².